The number of allylic oxidation sites excluding steroid dienone is 1. The van der Waals surface area contributed by atoms with E-state index in [-0.39, 0.29) is 12.2 Å². The highest BCUT2D eigenvalue weighted by Crippen LogP contribution is 2.31. The molecule has 0 radical (unpaired) electrons. The number of rotatable bonds is 6. The van der Waals surface area contributed by atoms with Crippen LogP contribution in [0.2, 0.25) is 0 Å². The molecule has 0 saturated heterocycles. The number of ether oxygens (including phenoxy) is 1. The van der Waals surface area contributed by atoms with Crippen LogP contribution in [-0.2, 0) is 9.53 Å². The van der Waals surface area contributed by atoms with Crippen molar-refractivity contribution in [3.63, 3.8) is 0 Å². The molecular weight excluding hydrogens is 510 g/mol. The summed E-state index contributed by atoms with van der Waals surface area (Å²) in [5.74, 6) is -0.467. The van der Waals surface area contributed by atoms with E-state index in [0.29, 0.717) is 20.6 Å². The smallest absolute Gasteiger partial charge is 0.338 e. The minimum atomic E-state index is -0.645. The van der Waals surface area contributed by atoms with Crippen molar-refractivity contribution < 1.29 is 9.53 Å². The number of carbonyl (C=O) groups excluding carboxylic acids is 1. The van der Waals surface area contributed by atoms with Crippen LogP contribution in [0.15, 0.2) is 75.7 Å². The number of anilines is 1. The molecule has 8 nitrogen and oxygen atoms in total. The number of nitrogens with zero attached hydrogens (tertiary/aromatic N) is 5. The van der Waals surface area contributed by atoms with Crippen LogP contribution < -0.4 is 19.8 Å². The van der Waals surface area contributed by atoms with Gasteiger partial charge in [0, 0.05) is 31.0 Å². The first-order chi connectivity index (χ1) is 18.7. The Hall–Kier alpha value is -4.24. The topological polar surface area (TPSA) is 81.7 Å². The number of fused-ring (bicyclic) bond motifs is 1. The summed E-state index contributed by atoms with van der Waals surface area (Å²) in [6.45, 7) is 7.73. The van der Waals surface area contributed by atoms with Crippen molar-refractivity contribution >= 4 is 29.1 Å². The Balaban J connectivity index is 1.69. The number of aryl methyl sites for hydroxylation is 1. The first-order valence-electron chi connectivity index (χ1n) is 12.8. The van der Waals surface area contributed by atoms with Crippen LogP contribution in [0.3, 0.4) is 0 Å². The zero-order valence-corrected chi connectivity index (χ0v) is 23.7. The van der Waals surface area contributed by atoms with Crippen LogP contribution >= 0.6 is 11.3 Å². The third kappa shape index (κ3) is 4.74. The van der Waals surface area contributed by atoms with Crippen LogP contribution in [0.25, 0.3) is 11.8 Å². The van der Waals surface area contributed by atoms with Gasteiger partial charge in [-0.3, -0.25) is 9.36 Å². The van der Waals surface area contributed by atoms with E-state index in [0.717, 1.165) is 33.9 Å². The first-order valence-corrected chi connectivity index (χ1v) is 13.6. The molecule has 4 aromatic rings. The second kappa shape index (κ2) is 10.5. The molecule has 0 fully saturated rings. The molecule has 39 heavy (non-hydrogen) atoms. The fourth-order valence-corrected chi connectivity index (χ4v) is 5.91. The number of carbonyl (C=O) groups is 1. The average molecular weight is 542 g/mol. The standard InChI is InChI=1S/C30H31N5O3S/c1-7-38-29(37)26-19(3)31-30-34(27(26)21-13-15-22(16-14-21)33(5)6)28(36)25(39-30)17-24-18(2)32-35(20(24)4)23-11-9-8-10-12-23/h8-17,27H,7H2,1-6H3/b25-17+. The SMILES string of the molecule is CCOC(=O)C1=C(C)N=c2s/c(=C/c3c(C)nn(-c4ccccc4)c3C)c(=O)n2C1c1ccc(N(C)C)cc1. The molecule has 0 bridgehead atoms. The highest BCUT2D eigenvalue weighted by Gasteiger charge is 2.33. The van der Waals surface area contributed by atoms with Gasteiger partial charge >= 0.3 is 5.97 Å². The Morgan fingerprint density at radius 3 is 2.41 bits per heavy atom. The van der Waals surface area contributed by atoms with E-state index < -0.39 is 12.0 Å². The summed E-state index contributed by atoms with van der Waals surface area (Å²) in [6.07, 6.45) is 1.89. The maximum absolute atomic E-state index is 14.0. The predicted octanol–water partition coefficient (Wildman–Crippen LogP) is 3.67. The molecule has 0 saturated carbocycles. The lowest BCUT2D eigenvalue weighted by molar-refractivity contribution is -0.139. The summed E-state index contributed by atoms with van der Waals surface area (Å²) in [5, 5.41) is 4.73. The largest absolute Gasteiger partial charge is 0.463 e. The highest BCUT2D eigenvalue weighted by atomic mass is 32.1. The summed E-state index contributed by atoms with van der Waals surface area (Å²) >= 11 is 1.31. The van der Waals surface area contributed by atoms with Gasteiger partial charge in [-0.2, -0.15) is 5.10 Å². The minimum Gasteiger partial charge on any atom is -0.463 e. The fourth-order valence-electron chi connectivity index (χ4n) is 4.88. The number of benzene rings is 2. The summed E-state index contributed by atoms with van der Waals surface area (Å²) in [7, 11) is 3.94. The molecule has 0 N–H and O–H groups in total. The van der Waals surface area contributed by atoms with Crippen LogP contribution in [0.5, 0.6) is 0 Å². The van der Waals surface area contributed by atoms with Crippen LogP contribution in [0.1, 0.15) is 42.4 Å². The molecule has 200 valence electrons. The molecule has 0 spiro atoms. The molecule has 1 aliphatic rings. The molecule has 0 aliphatic carbocycles. The Bertz CT molecular complexity index is 1760. The van der Waals surface area contributed by atoms with E-state index >= 15 is 0 Å². The van der Waals surface area contributed by atoms with Gasteiger partial charge in [0.1, 0.15) is 0 Å². The van der Waals surface area contributed by atoms with E-state index in [1.54, 1.807) is 18.4 Å². The lowest BCUT2D eigenvalue weighted by Crippen LogP contribution is -2.40. The third-order valence-corrected chi connectivity index (χ3v) is 7.85. The van der Waals surface area contributed by atoms with Gasteiger partial charge in [-0.1, -0.05) is 41.7 Å². The van der Waals surface area contributed by atoms with E-state index in [1.807, 2.05) is 98.2 Å². The quantitative estimate of drug-likeness (QED) is 0.348. The van der Waals surface area contributed by atoms with Gasteiger partial charge < -0.3 is 9.64 Å². The molecular formula is C30H31N5O3S. The Morgan fingerprint density at radius 1 is 1.08 bits per heavy atom. The fraction of sp³-hybridized carbons (Fsp3) is 0.267. The van der Waals surface area contributed by atoms with Crippen molar-refractivity contribution in [1.29, 1.82) is 0 Å². The number of esters is 1. The molecule has 2 aromatic heterocycles. The monoisotopic (exact) mass is 541 g/mol. The molecule has 9 heteroatoms. The van der Waals surface area contributed by atoms with Gasteiger partial charge in [0.25, 0.3) is 5.56 Å². The normalized spacial score (nSPS) is 15.2. The minimum absolute atomic E-state index is 0.207. The molecule has 3 heterocycles. The maximum atomic E-state index is 14.0. The molecule has 1 atom stereocenters. The Labute approximate surface area is 230 Å². The van der Waals surface area contributed by atoms with Crippen molar-refractivity contribution in [3.8, 4) is 5.69 Å². The maximum Gasteiger partial charge on any atom is 0.338 e. The Kier molecular flexibility index (Phi) is 7.10. The van der Waals surface area contributed by atoms with Crippen molar-refractivity contribution in [2.24, 2.45) is 4.99 Å². The molecule has 0 amide bonds. The van der Waals surface area contributed by atoms with Crippen molar-refractivity contribution in [2.75, 3.05) is 25.6 Å². The number of thiazole rings is 1. The molecule has 2 aromatic carbocycles. The van der Waals surface area contributed by atoms with Gasteiger partial charge in [0.2, 0.25) is 0 Å². The number of para-hydroxylation sites is 1. The zero-order chi connectivity index (χ0) is 27.8. The molecule has 5 rings (SSSR count). The van der Waals surface area contributed by atoms with Gasteiger partial charge in [-0.25, -0.2) is 14.5 Å². The van der Waals surface area contributed by atoms with Gasteiger partial charge in [0.15, 0.2) is 4.80 Å². The molecule has 1 unspecified atom stereocenters. The summed E-state index contributed by atoms with van der Waals surface area (Å²) in [4.78, 5) is 34.3. The van der Waals surface area contributed by atoms with Crippen molar-refractivity contribution in [3.05, 3.63) is 108 Å². The van der Waals surface area contributed by atoms with Gasteiger partial charge in [-0.05, 0) is 63.6 Å². The molecule has 1 aliphatic heterocycles. The zero-order valence-electron chi connectivity index (χ0n) is 22.9. The van der Waals surface area contributed by atoms with E-state index in [1.165, 1.54) is 11.3 Å². The van der Waals surface area contributed by atoms with Crippen molar-refractivity contribution in [1.82, 2.24) is 14.3 Å². The lowest BCUT2D eigenvalue weighted by atomic mass is 9.95. The summed E-state index contributed by atoms with van der Waals surface area (Å²) < 4.78 is 9.43. The van der Waals surface area contributed by atoms with Gasteiger partial charge in [0.05, 0.1) is 39.8 Å². The van der Waals surface area contributed by atoms with Crippen molar-refractivity contribution in [2.45, 2.75) is 33.7 Å². The third-order valence-electron chi connectivity index (χ3n) is 6.87. The van der Waals surface area contributed by atoms with E-state index in [2.05, 4.69) is 4.99 Å². The van der Waals surface area contributed by atoms with Crippen LogP contribution in [-0.4, -0.2) is 41.0 Å². The van der Waals surface area contributed by atoms with E-state index in [4.69, 9.17) is 9.84 Å². The average Bonchev–Trinajstić information content (AvgIpc) is 3.38. The first kappa shape index (κ1) is 26.4. The number of aromatic nitrogens is 3. The second-order valence-electron chi connectivity index (χ2n) is 9.62. The van der Waals surface area contributed by atoms with Gasteiger partial charge in [-0.15, -0.1) is 0 Å². The second-order valence-corrected chi connectivity index (χ2v) is 10.6. The highest BCUT2D eigenvalue weighted by molar-refractivity contribution is 7.07. The van der Waals surface area contributed by atoms with Crippen LogP contribution in [0.4, 0.5) is 5.69 Å². The summed E-state index contributed by atoms with van der Waals surface area (Å²) in [5.41, 5.74) is 6.14. The lowest BCUT2D eigenvalue weighted by Gasteiger charge is -2.25. The Morgan fingerprint density at radius 2 is 1.77 bits per heavy atom. The van der Waals surface area contributed by atoms with Crippen LogP contribution in [0, 0.1) is 13.8 Å². The number of hydrogen-bond acceptors (Lipinski definition) is 7. The predicted molar refractivity (Wildman–Crippen MR) is 154 cm³/mol. The summed E-state index contributed by atoms with van der Waals surface area (Å²) in [6, 6.07) is 17.1. The van der Waals surface area contributed by atoms with E-state index in [9.17, 15) is 9.59 Å². The number of hydrogen-bond donors (Lipinski definition) is 0.